The first-order chi connectivity index (χ1) is 14.9. The van der Waals surface area contributed by atoms with Crippen LogP contribution in [0.3, 0.4) is 0 Å². The van der Waals surface area contributed by atoms with Crippen molar-refractivity contribution in [2.24, 2.45) is 0 Å². The number of fused-ring (bicyclic) bond motifs is 7. The van der Waals surface area contributed by atoms with E-state index >= 15 is 0 Å². The molecule has 2 aliphatic rings. The quantitative estimate of drug-likeness (QED) is 0.324. The summed E-state index contributed by atoms with van der Waals surface area (Å²) in [7, 11) is 0. The molecule has 0 aliphatic carbocycles. The highest BCUT2D eigenvalue weighted by Crippen LogP contribution is 2.39. The van der Waals surface area contributed by atoms with Crippen LogP contribution >= 0.6 is 0 Å². The second-order valence-electron chi connectivity index (χ2n) is 8.18. The number of carbonyl (C=O) groups is 1. The number of nitrogens with zero attached hydrogens (tertiary/aromatic N) is 1. The molecule has 4 heterocycles. The van der Waals surface area contributed by atoms with Gasteiger partial charge in [-0.05, 0) is 53.1 Å². The van der Waals surface area contributed by atoms with Crippen LogP contribution in [0.15, 0.2) is 52.1 Å². The molecule has 0 spiro atoms. The summed E-state index contributed by atoms with van der Waals surface area (Å²) in [5.74, 6) is -0.729. The molecule has 0 amide bonds. The number of hydrogen-bond acceptors (Lipinski definition) is 5. The lowest BCUT2D eigenvalue weighted by Crippen LogP contribution is -2.44. The van der Waals surface area contributed by atoms with Crippen LogP contribution in [0.25, 0.3) is 33.1 Å². The van der Waals surface area contributed by atoms with Gasteiger partial charge >= 0.3 is 5.97 Å². The molecule has 2 aromatic carbocycles. The molecule has 31 heavy (non-hydrogen) atoms. The highest BCUT2D eigenvalue weighted by Gasteiger charge is 2.45. The number of rotatable bonds is 1. The molecule has 7 heteroatoms. The predicted octanol–water partition coefficient (Wildman–Crippen LogP) is 2.53. The van der Waals surface area contributed by atoms with E-state index in [1.807, 2.05) is 18.2 Å². The molecule has 0 unspecified atom stereocenters. The Morgan fingerprint density at radius 2 is 1.90 bits per heavy atom. The predicted molar refractivity (Wildman–Crippen MR) is 115 cm³/mol. The fourth-order valence-electron chi connectivity index (χ4n) is 4.84. The Labute approximate surface area is 175 Å². The molecule has 0 saturated carbocycles. The Balaban J connectivity index is 1.64. The number of carbonyl (C=O) groups excluding carboxylic acids is 1. The maximum absolute atomic E-state index is 13.2. The molecule has 1 atom stereocenters. The number of esters is 1. The number of ether oxygens (including phenoxy) is 1. The largest absolute Gasteiger partial charge is 0.458 e. The lowest BCUT2D eigenvalue weighted by molar-refractivity contribution is -0.172. The van der Waals surface area contributed by atoms with E-state index in [0.29, 0.717) is 23.4 Å². The Hall–Kier alpha value is -3.71. The Bertz CT molecular complexity index is 1580. The van der Waals surface area contributed by atoms with Gasteiger partial charge in [-0.15, -0.1) is 0 Å². The van der Waals surface area contributed by atoms with Gasteiger partial charge in [0.25, 0.3) is 5.56 Å². The summed E-state index contributed by atoms with van der Waals surface area (Å²) in [5.41, 5.74) is 1.60. The third-order valence-electron chi connectivity index (χ3n) is 6.56. The van der Waals surface area contributed by atoms with Crippen molar-refractivity contribution in [3.8, 4) is 11.4 Å². The highest BCUT2D eigenvalue weighted by atomic mass is 16.6. The SMILES string of the molecule is CC[C@@]1(O)C(=O)OCc2c1cc1n(c2=O)Cc2cc3c(ccc4ccc(=O)cc43)[nH]c2-1. The van der Waals surface area contributed by atoms with Gasteiger partial charge < -0.3 is 19.4 Å². The summed E-state index contributed by atoms with van der Waals surface area (Å²) >= 11 is 0. The standard InChI is InChI=1S/C24H18N2O5/c1-2-24(30)18-9-20-21-13(10-26(20)22(28)17(18)11-31-23(24)29)7-16-15-8-14(27)5-3-12(15)4-6-19(16)25-21/h3-9,25,30H,2,10-11H2,1H3/t24-/m0/s1. The summed E-state index contributed by atoms with van der Waals surface area (Å²) in [4.78, 5) is 40.9. The number of pyridine rings is 2. The fraction of sp³-hybridized carbons (Fsp3) is 0.208. The normalized spacial score (nSPS) is 19.2. The van der Waals surface area contributed by atoms with Crippen LogP contribution in [0, 0.1) is 0 Å². The van der Waals surface area contributed by atoms with Crippen LogP contribution < -0.4 is 11.0 Å². The van der Waals surface area contributed by atoms with Crippen molar-refractivity contribution < 1.29 is 14.6 Å². The smallest absolute Gasteiger partial charge is 0.343 e. The number of benzene rings is 2. The van der Waals surface area contributed by atoms with Crippen molar-refractivity contribution >= 4 is 27.6 Å². The van der Waals surface area contributed by atoms with Gasteiger partial charge in [0.15, 0.2) is 11.0 Å². The van der Waals surface area contributed by atoms with Crippen molar-refractivity contribution in [2.45, 2.75) is 32.1 Å². The average Bonchev–Trinajstić information content (AvgIpc) is 3.13. The van der Waals surface area contributed by atoms with Crippen molar-refractivity contribution in [3.63, 3.8) is 0 Å². The molecule has 0 bridgehead atoms. The zero-order valence-electron chi connectivity index (χ0n) is 16.7. The lowest BCUT2D eigenvalue weighted by atomic mass is 9.86. The third kappa shape index (κ3) is 2.29. The van der Waals surface area contributed by atoms with E-state index in [-0.39, 0.29) is 24.0 Å². The van der Waals surface area contributed by atoms with Gasteiger partial charge in [0.1, 0.15) is 6.61 Å². The summed E-state index contributed by atoms with van der Waals surface area (Å²) in [6, 6.07) is 12.6. The van der Waals surface area contributed by atoms with Gasteiger partial charge in [0.2, 0.25) is 0 Å². The van der Waals surface area contributed by atoms with Crippen molar-refractivity contribution in [1.29, 1.82) is 0 Å². The first-order valence-corrected chi connectivity index (χ1v) is 10.2. The molecule has 0 saturated heterocycles. The van der Waals surface area contributed by atoms with Gasteiger partial charge in [0.05, 0.1) is 23.5 Å². The zero-order valence-corrected chi connectivity index (χ0v) is 16.7. The lowest BCUT2D eigenvalue weighted by Gasteiger charge is -2.31. The number of nitrogens with one attached hydrogen (secondary N) is 1. The molecule has 6 rings (SSSR count). The Morgan fingerprint density at radius 3 is 2.71 bits per heavy atom. The second-order valence-corrected chi connectivity index (χ2v) is 8.18. The minimum atomic E-state index is -1.83. The van der Waals surface area contributed by atoms with Gasteiger partial charge in [0, 0.05) is 16.5 Å². The van der Waals surface area contributed by atoms with E-state index in [4.69, 9.17) is 4.74 Å². The van der Waals surface area contributed by atoms with Gasteiger partial charge in [-0.25, -0.2) is 4.79 Å². The molecule has 7 nitrogen and oxygen atoms in total. The van der Waals surface area contributed by atoms with E-state index in [0.717, 1.165) is 32.9 Å². The first-order valence-electron chi connectivity index (χ1n) is 10.2. The maximum Gasteiger partial charge on any atom is 0.343 e. The summed E-state index contributed by atoms with van der Waals surface area (Å²) in [5, 5.41) is 13.7. The fourth-order valence-corrected chi connectivity index (χ4v) is 4.84. The van der Waals surface area contributed by atoms with E-state index < -0.39 is 11.6 Å². The van der Waals surface area contributed by atoms with Crippen LogP contribution in [-0.2, 0) is 28.3 Å². The Kier molecular flexibility index (Phi) is 3.46. The molecule has 2 aliphatic heterocycles. The van der Waals surface area contributed by atoms with E-state index in [9.17, 15) is 19.5 Å². The van der Waals surface area contributed by atoms with E-state index in [1.54, 1.807) is 35.8 Å². The van der Waals surface area contributed by atoms with Gasteiger partial charge in [-0.1, -0.05) is 19.1 Å². The van der Waals surface area contributed by atoms with Crippen LogP contribution in [0.2, 0.25) is 0 Å². The highest BCUT2D eigenvalue weighted by molar-refractivity contribution is 6.07. The number of aromatic amines is 1. The minimum Gasteiger partial charge on any atom is -0.458 e. The number of hydrogen-bond donors (Lipinski definition) is 2. The maximum atomic E-state index is 13.2. The van der Waals surface area contributed by atoms with Crippen LogP contribution in [-0.4, -0.2) is 20.6 Å². The first kappa shape index (κ1) is 18.1. The number of aliphatic hydroxyl groups is 1. The average molecular weight is 414 g/mol. The molecule has 4 aromatic rings. The molecule has 154 valence electrons. The van der Waals surface area contributed by atoms with Crippen LogP contribution in [0.4, 0.5) is 0 Å². The van der Waals surface area contributed by atoms with Gasteiger partial charge in [-0.2, -0.15) is 0 Å². The summed E-state index contributed by atoms with van der Waals surface area (Å²) < 4.78 is 6.75. The second kappa shape index (κ2) is 5.92. The molecule has 0 fully saturated rings. The monoisotopic (exact) mass is 414 g/mol. The number of H-pyrrole nitrogens is 1. The van der Waals surface area contributed by atoms with Crippen molar-refractivity contribution in [2.75, 3.05) is 0 Å². The van der Waals surface area contributed by atoms with Crippen molar-refractivity contribution in [3.05, 3.63) is 79.7 Å². The minimum absolute atomic E-state index is 0.0591. The molecule has 0 radical (unpaired) electrons. The molecule has 2 aromatic heterocycles. The van der Waals surface area contributed by atoms with E-state index in [2.05, 4.69) is 4.98 Å². The number of cyclic esters (lactones) is 1. The molecular formula is C24H18N2O5. The topological polar surface area (TPSA) is 101 Å². The van der Waals surface area contributed by atoms with Crippen molar-refractivity contribution in [1.82, 2.24) is 9.55 Å². The number of aromatic nitrogens is 2. The summed E-state index contributed by atoms with van der Waals surface area (Å²) in [6.07, 6.45) is 0.111. The molecular weight excluding hydrogens is 396 g/mol. The van der Waals surface area contributed by atoms with Crippen LogP contribution in [0.1, 0.15) is 30.0 Å². The summed E-state index contributed by atoms with van der Waals surface area (Å²) in [6.45, 7) is 1.90. The zero-order chi connectivity index (χ0) is 21.5. The molecule has 2 N–H and O–H groups in total. The van der Waals surface area contributed by atoms with E-state index in [1.165, 1.54) is 0 Å². The van der Waals surface area contributed by atoms with Gasteiger partial charge in [-0.3, -0.25) is 9.59 Å². The Morgan fingerprint density at radius 1 is 1.10 bits per heavy atom. The van der Waals surface area contributed by atoms with Crippen LogP contribution in [0.5, 0.6) is 0 Å². The third-order valence-corrected chi connectivity index (χ3v) is 6.56.